The highest BCUT2D eigenvalue weighted by Crippen LogP contribution is 2.27. The second-order valence-electron chi connectivity index (χ2n) is 6.67. The number of benzene rings is 1. The van der Waals surface area contributed by atoms with Crippen LogP contribution >= 0.6 is 0 Å². The maximum atomic E-state index is 12.4. The van der Waals surface area contributed by atoms with Crippen molar-refractivity contribution >= 4 is 5.91 Å². The van der Waals surface area contributed by atoms with Crippen LogP contribution in [0.2, 0.25) is 0 Å². The van der Waals surface area contributed by atoms with Crippen LogP contribution in [0.4, 0.5) is 0 Å². The van der Waals surface area contributed by atoms with Crippen LogP contribution in [0.15, 0.2) is 22.7 Å². The quantitative estimate of drug-likeness (QED) is 0.835. The number of hydrogen-bond donors (Lipinski definition) is 0. The summed E-state index contributed by atoms with van der Waals surface area (Å²) in [6, 6.07) is 5.99. The molecule has 1 aliphatic heterocycles. The Morgan fingerprint density at radius 1 is 1.24 bits per heavy atom. The van der Waals surface area contributed by atoms with E-state index in [2.05, 4.69) is 16.2 Å². The molecule has 0 saturated carbocycles. The van der Waals surface area contributed by atoms with Gasteiger partial charge in [0.1, 0.15) is 5.75 Å². The van der Waals surface area contributed by atoms with Gasteiger partial charge in [0.15, 0.2) is 12.4 Å². The lowest BCUT2D eigenvalue weighted by molar-refractivity contribution is -0.134. The number of ether oxygens (including phenoxy) is 1. The molecule has 6 heteroatoms. The highest BCUT2D eigenvalue weighted by Gasteiger charge is 2.27. The van der Waals surface area contributed by atoms with Gasteiger partial charge in [-0.25, -0.2) is 0 Å². The first-order valence-electron chi connectivity index (χ1n) is 8.86. The molecule has 1 aliphatic rings. The fraction of sp³-hybridized carbons (Fsp3) is 0.526. The molecule has 0 spiro atoms. The first kappa shape index (κ1) is 17.5. The topological polar surface area (TPSA) is 68.5 Å². The minimum Gasteiger partial charge on any atom is -0.484 e. The number of piperidine rings is 1. The summed E-state index contributed by atoms with van der Waals surface area (Å²) in [5.41, 5.74) is 2.27. The van der Waals surface area contributed by atoms with Crippen molar-refractivity contribution in [2.45, 2.75) is 46.0 Å². The van der Waals surface area contributed by atoms with Crippen LogP contribution in [0.5, 0.6) is 5.75 Å². The smallest absolute Gasteiger partial charge is 0.260 e. The fourth-order valence-electron chi connectivity index (χ4n) is 3.21. The molecule has 1 amide bonds. The van der Waals surface area contributed by atoms with Gasteiger partial charge >= 0.3 is 0 Å². The van der Waals surface area contributed by atoms with Gasteiger partial charge in [-0.3, -0.25) is 4.79 Å². The summed E-state index contributed by atoms with van der Waals surface area (Å²) in [5.74, 6) is 2.47. The Labute approximate surface area is 148 Å². The predicted molar refractivity (Wildman–Crippen MR) is 93.6 cm³/mol. The highest BCUT2D eigenvalue weighted by molar-refractivity contribution is 5.77. The predicted octanol–water partition coefficient (Wildman–Crippen LogP) is 3.03. The van der Waals surface area contributed by atoms with Crippen LogP contribution in [0.1, 0.15) is 48.5 Å². The van der Waals surface area contributed by atoms with Gasteiger partial charge in [-0.1, -0.05) is 18.1 Å². The molecule has 0 aliphatic carbocycles. The lowest BCUT2D eigenvalue weighted by atomic mass is 9.97. The molecule has 1 saturated heterocycles. The van der Waals surface area contributed by atoms with Gasteiger partial charge in [-0.15, -0.1) is 0 Å². The average Bonchev–Trinajstić information content (AvgIpc) is 3.08. The maximum Gasteiger partial charge on any atom is 0.260 e. The van der Waals surface area contributed by atoms with E-state index in [-0.39, 0.29) is 18.4 Å². The molecule has 2 aromatic rings. The van der Waals surface area contributed by atoms with Gasteiger partial charge in [-0.2, -0.15) is 4.98 Å². The van der Waals surface area contributed by atoms with Crippen LogP contribution in [0.25, 0.3) is 0 Å². The number of aryl methyl sites for hydroxylation is 3. The van der Waals surface area contributed by atoms with Crippen molar-refractivity contribution in [2.75, 3.05) is 19.7 Å². The number of amides is 1. The number of nitrogens with zero attached hydrogens (tertiary/aromatic N) is 3. The van der Waals surface area contributed by atoms with E-state index in [0.717, 1.165) is 42.0 Å². The number of aromatic nitrogens is 2. The molecule has 0 unspecified atom stereocenters. The average molecular weight is 343 g/mol. The van der Waals surface area contributed by atoms with Crippen molar-refractivity contribution < 1.29 is 14.1 Å². The molecule has 6 nitrogen and oxygen atoms in total. The van der Waals surface area contributed by atoms with E-state index in [0.29, 0.717) is 19.0 Å². The van der Waals surface area contributed by atoms with Gasteiger partial charge < -0.3 is 14.2 Å². The third-order valence-electron chi connectivity index (χ3n) is 4.55. The third-order valence-corrected chi connectivity index (χ3v) is 4.55. The first-order valence-corrected chi connectivity index (χ1v) is 8.86. The van der Waals surface area contributed by atoms with Crippen LogP contribution in [-0.2, 0) is 11.2 Å². The summed E-state index contributed by atoms with van der Waals surface area (Å²) in [6.07, 6.45) is 2.47. The molecule has 25 heavy (non-hydrogen) atoms. The van der Waals surface area contributed by atoms with Crippen molar-refractivity contribution in [2.24, 2.45) is 0 Å². The summed E-state index contributed by atoms with van der Waals surface area (Å²) in [7, 11) is 0. The number of hydrogen-bond acceptors (Lipinski definition) is 5. The Hall–Kier alpha value is -2.37. The monoisotopic (exact) mass is 343 g/mol. The van der Waals surface area contributed by atoms with Crippen LogP contribution in [0.3, 0.4) is 0 Å². The number of rotatable bonds is 5. The normalized spacial score (nSPS) is 15.4. The van der Waals surface area contributed by atoms with Crippen molar-refractivity contribution in [1.29, 1.82) is 0 Å². The Balaban J connectivity index is 1.49. The van der Waals surface area contributed by atoms with E-state index in [9.17, 15) is 4.79 Å². The van der Waals surface area contributed by atoms with Crippen LogP contribution in [-0.4, -0.2) is 40.6 Å². The summed E-state index contributed by atoms with van der Waals surface area (Å²) < 4.78 is 11.0. The van der Waals surface area contributed by atoms with Gasteiger partial charge in [0.2, 0.25) is 5.89 Å². The summed E-state index contributed by atoms with van der Waals surface area (Å²) in [5, 5.41) is 3.95. The Morgan fingerprint density at radius 2 is 1.92 bits per heavy atom. The number of likely N-dealkylation sites (tertiary alicyclic amines) is 1. The largest absolute Gasteiger partial charge is 0.484 e. The third kappa shape index (κ3) is 4.38. The van der Waals surface area contributed by atoms with Gasteiger partial charge in [0.25, 0.3) is 5.91 Å². The maximum absolute atomic E-state index is 12.4. The van der Waals surface area contributed by atoms with Crippen molar-refractivity contribution in [3.05, 3.63) is 41.0 Å². The molecular formula is C19H25N3O3. The first-order chi connectivity index (χ1) is 12.0. The summed E-state index contributed by atoms with van der Waals surface area (Å²) in [6.45, 7) is 7.52. The molecule has 2 heterocycles. The minimum atomic E-state index is 0.0254. The van der Waals surface area contributed by atoms with Gasteiger partial charge in [-0.05, 0) is 49.9 Å². The minimum absolute atomic E-state index is 0.0254. The summed E-state index contributed by atoms with van der Waals surface area (Å²) in [4.78, 5) is 18.7. The standard InChI is InChI=1S/C19H25N3O3/c1-4-17-20-19(25-21-17)15-5-7-22(8-6-15)18(23)12-24-16-10-13(2)9-14(3)11-16/h9-11,15H,4-8,12H2,1-3H3. The zero-order chi connectivity index (χ0) is 17.8. The Kier molecular flexibility index (Phi) is 5.36. The lowest BCUT2D eigenvalue weighted by Crippen LogP contribution is -2.40. The molecule has 0 radical (unpaired) electrons. The molecule has 134 valence electrons. The molecule has 0 atom stereocenters. The molecule has 0 bridgehead atoms. The van der Waals surface area contributed by atoms with Crippen molar-refractivity contribution in [3.8, 4) is 5.75 Å². The van der Waals surface area contributed by atoms with E-state index in [1.54, 1.807) is 0 Å². The van der Waals surface area contributed by atoms with E-state index in [1.165, 1.54) is 0 Å². The number of carbonyl (C=O) groups is 1. The zero-order valence-corrected chi connectivity index (χ0v) is 15.1. The Bertz CT molecular complexity index is 713. The fourth-order valence-corrected chi connectivity index (χ4v) is 3.21. The van der Waals surface area contributed by atoms with Gasteiger partial charge in [0, 0.05) is 25.4 Å². The zero-order valence-electron chi connectivity index (χ0n) is 15.1. The molecule has 1 aromatic carbocycles. The lowest BCUT2D eigenvalue weighted by Gasteiger charge is -2.30. The van der Waals surface area contributed by atoms with Crippen LogP contribution in [0, 0.1) is 13.8 Å². The van der Waals surface area contributed by atoms with E-state index < -0.39 is 0 Å². The van der Waals surface area contributed by atoms with Crippen molar-refractivity contribution in [3.63, 3.8) is 0 Å². The van der Waals surface area contributed by atoms with E-state index >= 15 is 0 Å². The summed E-state index contributed by atoms with van der Waals surface area (Å²) >= 11 is 0. The molecule has 1 aromatic heterocycles. The second kappa shape index (κ2) is 7.68. The molecule has 0 N–H and O–H groups in total. The van der Waals surface area contributed by atoms with E-state index in [4.69, 9.17) is 9.26 Å². The van der Waals surface area contributed by atoms with Crippen molar-refractivity contribution in [1.82, 2.24) is 15.0 Å². The van der Waals surface area contributed by atoms with Crippen LogP contribution < -0.4 is 4.74 Å². The number of carbonyl (C=O) groups excluding carboxylic acids is 1. The second-order valence-corrected chi connectivity index (χ2v) is 6.67. The van der Waals surface area contributed by atoms with Gasteiger partial charge in [0.05, 0.1) is 0 Å². The SMILES string of the molecule is CCc1noc(C2CCN(C(=O)COc3cc(C)cc(C)c3)CC2)n1. The van der Waals surface area contributed by atoms with E-state index in [1.807, 2.05) is 37.8 Å². The highest BCUT2D eigenvalue weighted by atomic mass is 16.5. The Morgan fingerprint density at radius 3 is 2.52 bits per heavy atom. The molecular weight excluding hydrogens is 318 g/mol. The molecule has 1 fully saturated rings. The molecule has 3 rings (SSSR count).